The van der Waals surface area contributed by atoms with E-state index in [2.05, 4.69) is 43.4 Å². The van der Waals surface area contributed by atoms with Crippen molar-refractivity contribution in [1.29, 1.82) is 0 Å². The van der Waals surface area contributed by atoms with E-state index in [1.807, 2.05) is 21.1 Å². The van der Waals surface area contributed by atoms with Gasteiger partial charge in [-0.05, 0) is 38.5 Å². The van der Waals surface area contributed by atoms with Gasteiger partial charge in [0, 0.05) is 13.5 Å². The monoisotopic (exact) mass is 545 g/mol. The number of hydrogen-bond acceptors (Lipinski definition) is 7. The minimum Gasteiger partial charge on any atom is -0.756 e. The lowest BCUT2D eigenvalue weighted by molar-refractivity contribution is -0.870. The normalized spacial score (nSPS) is 15.1. The predicted octanol–water partition coefficient (Wildman–Crippen LogP) is 5.73. The molecule has 0 saturated heterocycles. The maximum absolute atomic E-state index is 11.9. The van der Waals surface area contributed by atoms with Crippen molar-refractivity contribution in [3.8, 4) is 0 Å². The zero-order valence-electron chi connectivity index (χ0n) is 23.9. The van der Waals surface area contributed by atoms with E-state index in [-0.39, 0.29) is 19.8 Å². The average molecular weight is 546 g/mol. The highest BCUT2D eigenvalue weighted by atomic mass is 31.2. The van der Waals surface area contributed by atoms with Crippen LogP contribution in [0.3, 0.4) is 0 Å². The van der Waals surface area contributed by atoms with Crippen molar-refractivity contribution in [1.82, 2.24) is 0 Å². The molecule has 0 aromatic rings. The number of esters is 1. The zero-order valence-corrected chi connectivity index (χ0v) is 24.8. The van der Waals surface area contributed by atoms with Crippen LogP contribution in [-0.2, 0) is 27.9 Å². The van der Waals surface area contributed by atoms with Crippen molar-refractivity contribution in [2.75, 3.05) is 54.1 Å². The van der Waals surface area contributed by atoms with E-state index in [1.165, 1.54) is 26.2 Å². The summed E-state index contributed by atoms with van der Waals surface area (Å²) in [6.45, 7) is 4.22. The van der Waals surface area contributed by atoms with Crippen LogP contribution >= 0.6 is 7.82 Å². The Kier molecular flexibility index (Phi) is 21.9. The summed E-state index contributed by atoms with van der Waals surface area (Å²) in [5, 5.41) is 0. The number of nitrogens with zero attached hydrogens (tertiary/aromatic N) is 1. The molecule has 0 bridgehead atoms. The van der Waals surface area contributed by atoms with Gasteiger partial charge < -0.3 is 27.9 Å². The molecule has 0 aliphatic carbocycles. The number of quaternary nitrogens is 1. The van der Waals surface area contributed by atoms with E-state index in [4.69, 9.17) is 18.5 Å². The van der Waals surface area contributed by atoms with E-state index in [9.17, 15) is 14.3 Å². The van der Waals surface area contributed by atoms with Crippen LogP contribution in [0, 0.1) is 0 Å². The molecule has 0 aliphatic heterocycles. The smallest absolute Gasteiger partial charge is 0.303 e. The van der Waals surface area contributed by atoms with Gasteiger partial charge in [-0.1, -0.05) is 69.1 Å². The number of carbonyl (C=O) groups is 1. The molecule has 0 aliphatic rings. The molecular weight excluding hydrogens is 493 g/mol. The van der Waals surface area contributed by atoms with Crippen LogP contribution < -0.4 is 4.89 Å². The highest BCUT2D eigenvalue weighted by Crippen LogP contribution is 2.38. The number of unbranched alkanes of at least 4 members (excludes halogenated alkanes) is 6. The molecule has 0 aromatic carbocycles. The van der Waals surface area contributed by atoms with Crippen molar-refractivity contribution in [3.05, 3.63) is 36.5 Å². The van der Waals surface area contributed by atoms with Gasteiger partial charge in [-0.2, -0.15) is 0 Å². The molecule has 0 spiro atoms. The molecule has 0 N–H and O–H groups in total. The van der Waals surface area contributed by atoms with E-state index in [1.54, 1.807) is 0 Å². The van der Waals surface area contributed by atoms with Crippen LogP contribution in [0.25, 0.3) is 0 Å². The first-order valence-corrected chi connectivity index (χ1v) is 15.1. The Balaban J connectivity index is 3.84. The molecule has 2 atom stereocenters. The van der Waals surface area contributed by atoms with Crippen LogP contribution in [0.15, 0.2) is 36.5 Å². The molecule has 0 radical (unpaired) electrons. The molecule has 8 nitrogen and oxygen atoms in total. The maximum Gasteiger partial charge on any atom is 0.303 e. The topological polar surface area (TPSA) is 94.1 Å². The Morgan fingerprint density at radius 1 is 0.838 bits per heavy atom. The summed E-state index contributed by atoms with van der Waals surface area (Å²) in [5.41, 5.74) is 0. The van der Waals surface area contributed by atoms with Gasteiger partial charge >= 0.3 is 5.97 Å². The number of phosphoric acid groups is 1. The molecule has 0 fully saturated rings. The molecule has 0 aromatic heterocycles. The Morgan fingerprint density at radius 2 is 1.43 bits per heavy atom. The summed E-state index contributed by atoms with van der Waals surface area (Å²) >= 11 is 0. The second-order valence-electron chi connectivity index (χ2n) is 10.1. The van der Waals surface area contributed by atoms with Crippen LogP contribution in [0.4, 0.5) is 0 Å². The third-order valence-corrected chi connectivity index (χ3v) is 6.22. The second-order valence-corrected chi connectivity index (χ2v) is 11.5. The highest BCUT2D eigenvalue weighted by Gasteiger charge is 2.19. The number of carbonyl (C=O) groups excluding carboxylic acids is 1. The number of hydrogen-bond donors (Lipinski definition) is 0. The summed E-state index contributed by atoms with van der Waals surface area (Å²) in [6.07, 6.45) is 23.5. The van der Waals surface area contributed by atoms with E-state index >= 15 is 0 Å². The largest absolute Gasteiger partial charge is 0.756 e. The van der Waals surface area contributed by atoms with Gasteiger partial charge in [-0.15, -0.1) is 0 Å². The van der Waals surface area contributed by atoms with Gasteiger partial charge in [0.1, 0.15) is 19.3 Å². The van der Waals surface area contributed by atoms with Gasteiger partial charge in [0.2, 0.25) is 0 Å². The van der Waals surface area contributed by atoms with E-state index in [0.717, 1.165) is 44.9 Å². The standard InChI is InChI=1S/C28H52NO7P/c1-6-7-8-9-10-11-12-13-14-15-16-17-18-19-20-21-23-33-25-28(36-27(2)30)26-35-37(31,32)34-24-22-29(3,4)5/h7-8,10-11,13-14,28H,6,9,12,15-26H2,1-5H3/b8-7-,11-10-,14-13-. The molecule has 0 saturated carbocycles. The van der Waals surface area contributed by atoms with Crippen molar-refractivity contribution < 1.29 is 37.3 Å². The number of ether oxygens (including phenoxy) is 2. The van der Waals surface area contributed by atoms with Gasteiger partial charge in [0.15, 0.2) is 0 Å². The van der Waals surface area contributed by atoms with Gasteiger partial charge in [0.05, 0.1) is 34.4 Å². The Bertz CT molecular complexity index is 701. The van der Waals surface area contributed by atoms with E-state index < -0.39 is 19.9 Å². The van der Waals surface area contributed by atoms with E-state index in [0.29, 0.717) is 17.6 Å². The lowest BCUT2D eigenvalue weighted by Crippen LogP contribution is -2.37. The maximum atomic E-state index is 11.9. The van der Waals surface area contributed by atoms with Crippen LogP contribution in [0.1, 0.15) is 78.1 Å². The Hall–Kier alpha value is -1.28. The highest BCUT2D eigenvalue weighted by molar-refractivity contribution is 7.45. The molecule has 2 unspecified atom stereocenters. The van der Waals surface area contributed by atoms with Gasteiger partial charge in [-0.3, -0.25) is 9.36 Å². The van der Waals surface area contributed by atoms with Gasteiger partial charge in [-0.25, -0.2) is 0 Å². The molecule has 0 rings (SSSR count). The van der Waals surface area contributed by atoms with Crippen LogP contribution in [0.2, 0.25) is 0 Å². The fraction of sp³-hybridized carbons (Fsp3) is 0.750. The summed E-state index contributed by atoms with van der Waals surface area (Å²) in [6, 6.07) is 0. The first-order chi connectivity index (χ1) is 17.6. The van der Waals surface area contributed by atoms with Crippen molar-refractivity contribution in [2.45, 2.75) is 84.2 Å². The van der Waals surface area contributed by atoms with Gasteiger partial charge in [0.25, 0.3) is 7.82 Å². The quantitative estimate of drug-likeness (QED) is 0.0502. The third-order valence-electron chi connectivity index (χ3n) is 5.26. The number of phosphoric ester groups is 1. The average Bonchev–Trinajstić information content (AvgIpc) is 2.80. The first-order valence-electron chi connectivity index (χ1n) is 13.7. The van der Waals surface area contributed by atoms with Crippen molar-refractivity contribution in [2.24, 2.45) is 0 Å². The zero-order chi connectivity index (χ0) is 27.8. The number of allylic oxidation sites excluding steroid dienone is 6. The lowest BCUT2D eigenvalue weighted by Gasteiger charge is -2.28. The third kappa shape index (κ3) is 27.6. The number of rotatable bonds is 24. The lowest BCUT2D eigenvalue weighted by atomic mass is 10.1. The molecule has 0 heterocycles. The molecule has 216 valence electrons. The SMILES string of the molecule is CC/C=C\C/C=C\C/C=C\CCCCCCCCOCC(COP(=O)([O-])OCC[N+](C)(C)C)OC(C)=O. The van der Waals surface area contributed by atoms with Crippen molar-refractivity contribution >= 4 is 13.8 Å². The molecular formula is C28H52NO7P. The fourth-order valence-electron chi connectivity index (χ4n) is 3.20. The second kappa shape index (κ2) is 22.7. The summed E-state index contributed by atoms with van der Waals surface area (Å²) in [4.78, 5) is 23.3. The van der Waals surface area contributed by atoms with Crippen LogP contribution in [0.5, 0.6) is 0 Å². The fourth-order valence-corrected chi connectivity index (χ4v) is 3.93. The first kappa shape index (κ1) is 35.7. The molecule has 9 heteroatoms. The van der Waals surface area contributed by atoms with Crippen LogP contribution in [-0.4, -0.2) is 70.7 Å². The Labute approximate surface area is 225 Å². The Morgan fingerprint density at radius 3 is 2.05 bits per heavy atom. The minimum atomic E-state index is -4.47. The molecule has 37 heavy (non-hydrogen) atoms. The predicted molar refractivity (Wildman–Crippen MR) is 148 cm³/mol. The van der Waals surface area contributed by atoms with Crippen molar-refractivity contribution in [3.63, 3.8) is 0 Å². The summed E-state index contributed by atoms with van der Waals surface area (Å²) in [7, 11) is 1.33. The minimum absolute atomic E-state index is 0.0186. The summed E-state index contributed by atoms with van der Waals surface area (Å²) in [5.74, 6) is -0.518. The summed E-state index contributed by atoms with van der Waals surface area (Å²) < 4.78 is 33.0. The number of likely N-dealkylation sites (N-methyl/N-ethyl adjacent to an activating group) is 1. The molecule has 0 amide bonds.